The molecule has 5 heteroatoms. The largest absolute Gasteiger partial charge is 0.487 e. The van der Waals surface area contributed by atoms with Gasteiger partial charge in [-0.3, -0.25) is 4.98 Å². The molecule has 0 radical (unpaired) electrons. The maximum absolute atomic E-state index is 11.2. The van der Waals surface area contributed by atoms with Gasteiger partial charge in [0, 0.05) is 18.2 Å². The van der Waals surface area contributed by atoms with Crippen LogP contribution in [0.15, 0.2) is 6.07 Å². The summed E-state index contributed by atoms with van der Waals surface area (Å²) in [4.78, 5) is 15.3. The summed E-state index contributed by atoms with van der Waals surface area (Å²) in [5.41, 5.74) is 1.37. The van der Waals surface area contributed by atoms with Crippen LogP contribution >= 0.6 is 0 Å². The van der Waals surface area contributed by atoms with Crippen LogP contribution in [0.1, 0.15) is 28.2 Å². The van der Waals surface area contributed by atoms with E-state index in [2.05, 4.69) is 4.98 Å². The highest BCUT2D eigenvalue weighted by molar-refractivity contribution is 5.92. The average molecular weight is 237 g/mol. The molecule has 1 aromatic heterocycles. The third-order valence-electron chi connectivity index (χ3n) is 2.69. The van der Waals surface area contributed by atoms with E-state index in [1.54, 1.807) is 13.0 Å². The van der Waals surface area contributed by atoms with Gasteiger partial charge in [-0.1, -0.05) is 0 Å². The van der Waals surface area contributed by atoms with Crippen LogP contribution in [-0.2, 0) is 4.74 Å². The molecule has 1 N–H and O–H groups in total. The maximum Gasteiger partial charge on any atom is 0.341 e. The number of nitrogens with zero attached hydrogens (tertiary/aromatic N) is 1. The predicted molar refractivity (Wildman–Crippen MR) is 60.5 cm³/mol. The number of pyridine rings is 1. The van der Waals surface area contributed by atoms with Crippen LogP contribution in [0.4, 0.5) is 0 Å². The highest BCUT2D eigenvalue weighted by Crippen LogP contribution is 2.25. The van der Waals surface area contributed by atoms with Crippen molar-refractivity contribution < 1.29 is 19.4 Å². The third kappa shape index (κ3) is 2.55. The summed E-state index contributed by atoms with van der Waals surface area (Å²) in [6.45, 7) is 4.67. The topological polar surface area (TPSA) is 68.7 Å². The molecule has 5 nitrogen and oxygen atoms in total. The van der Waals surface area contributed by atoms with Crippen molar-refractivity contribution in [1.82, 2.24) is 4.98 Å². The number of hydrogen-bond acceptors (Lipinski definition) is 4. The first-order valence-corrected chi connectivity index (χ1v) is 5.54. The molecule has 0 bridgehead atoms. The Kier molecular flexibility index (Phi) is 3.28. The molecule has 92 valence electrons. The standard InChI is InChI=1S/C12H15NO4/c1-7-5-10(17-9-3-4-16-6-9)11(12(14)15)8(2)13-7/h5,9H,3-4,6H2,1-2H3,(H,14,15). The van der Waals surface area contributed by atoms with Crippen molar-refractivity contribution in [1.29, 1.82) is 0 Å². The fourth-order valence-electron chi connectivity index (χ4n) is 1.93. The predicted octanol–water partition coefficient (Wildman–Crippen LogP) is 1.56. The van der Waals surface area contributed by atoms with Gasteiger partial charge in [0.15, 0.2) is 0 Å². The molecule has 1 saturated heterocycles. The van der Waals surface area contributed by atoms with Crippen LogP contribution in [-0.4, -0.2) is 35.4 Å². The van der Waals surface area contributed by atoms with Crippen molar-refractivity contribution in [3.63, 3.8) is 0 Å². The zero-order chi connectivity index (χ0) is 12.4. The Balaban J connectivity index is 2.32. The van der Waals surface area contributed by atoms with Crippen LogP contribution in [0.2, 0.25) is 0 Å². The number of aryl methyl sites for hydroxylation is 2. The number of ether oxygens (including phenoxy) is 2. The van der Waals surface area contributed by atoms with Gasteiger partial charge in [-0.25, -0.2) is 4.79 Å². The molecule has 1 atom stereocenters. The van der Waals surface area contributed by atoms with Crippen LogP contribution in [0.25, 0.3) is 0 Å². The molecule has 0 amide bonds. The lowest BCUT2D eigenvalue weighted by Crippen LogP contribution is -2.18. The minimum atomic E-state index is -1.01. The second kappa shape index (κ2) is 4.71. The van der Waals surface area contributed by atoms with Crippen LogP contribution in [0.5, 0.6) is 5.75 Å². The van der Waals surface area contributed by atoms with E-state index in [0.717, 1.165) is 12.1 Å². The van der Waals surface area contributed by atoms with Gasteiger partial charge in [-0.2, -0.15) is 0 Å². The van der Waals surface area contributed by atoms with Crippen LogP contribution in [0, 0.1) is 13.8 Å². The Morgan fingerprint density at radius 2 is 2.35 bits per heavy atom. The Labute approximate surface area is 99.4 Å². The first-order chi connectivity index (χ1) is 8.08. The fraction of sp³-hybridized carbons (Fsp3) is 0.500. The first-order valence-electron chi connectivity index (χ1n) is 5.54. The van der Waals surface area contributed by atoms with E-state index in [9.17, 15) is 4.79 Å². The molecule has 0 spiro atoms. The van der Waals surface area contributed by atoms with E-state index in [-0.39, 0.29) is 11.7 Å². The van der Waals surface area contributed by atoms with Crippen molar-refractivity contribution in [2.75, 3.05) is 13.2 Å². The Hall–Kier alpha value is -1.62. The summed E-state index contributed by atoms with van der Waals surface area (Å²) in [5, 5.41) is 9.16. The van der Waals surface area contributed by atoms with Crippen molar-refractivity contribution in [2.45, 2.75) is 26.4 Å². The molecule has 1 fully saturated rings. The molecule has 1 aliphatic rings. The minimum absolute atomic E-state index is 0.0608. The second-order valence-corrected chi connectivity index (χ2v) is 4.13. The molecule has 0 saturated carbocycles. The Morgan fingerprint density at radius 3 is 2.94 bits per heavy atom. The molecule has 1 unspecified atom stereocenters. The third-order valence-corrected chi connectivity index (χ3v) is 2.69. The van der Waals surface area contributed by atoms with Gasteiger partial charge in [-0.05, 0) is 13.8 Å². The van der Waals surface area contributed by atoms with Gasteiger partial charge in [0.25, 0.3) is 0 Å². The van der Waals surface area contributed by atoms with E-state index >= 15 is 0 Å². The van der Waals surface area contributed by atoms with Gasteiger partial charge >= 0.3 is 5.97 Å². The summed E-state index contributed by atoms with van der Waals surface area (Å²) in [6, 6.07) is 1.66. The number of carbonyl (C=O) groups is 1. The van der Waals surface area contributed by atoms with E-state index in [1.807, 2.05) is 6.92 Å². The zero-order valence-corrected chi connectivity index (χ0v) is 9.90. The van der Waals surface area contributed by atoms with Crippen molar-refractivity contribution >= 4 is 5.97 Å². The van der Waals surface area contributed by atoms with Gasteiger partial charge in [0.1, 0.15) is 17.4 Å². The lowest BCUT2D eigenvalue weighted by atomic mass is 10.1. The van der Waals surface area contributed by atoms with Gasteiger partial charge in [0.05, 0.1) is 18.9 Å². The number of rotatable bonds is 3. The van der Waals surface area contributed by atoms with Gasteiger partial charge < -0.3 is 14.6 Å². The second-order valence-electron chi connectivity index (χ2n) is 4.13. The van der Waals surface area contributed by atoms with Crippen molar-refractivity contribution in [2.24, 2.45) is 0 Å². The van der Waals surface area contributed by atoms with E-state index in [4.69, 9.17) is 14.6 Å². The molecule has 2 heterocycles. The highest BCUT2D eigenvalue weighted by atomic mass is 16.5. The highest BCUT2D eigenvalue weighted by Gasteiger charge is 2.22. The van der Waals surface area contributed by atoms with E-state index in [1.165, 1.54) is 0 Å². The number of carboxylic acids is 1. The average Bonchev–Trinajstić information content (AvgIpc) is 2.68. The molecule has 0 aliphatic carbocycles. The Morgan fingerprint density at radius 1 is 1.59 bits per heavy atom. The smallest absolute Gasteiger partial charge is 0.341 e. The summed E-state index contributed by atoms with van der Waals surface area (Å²) in [5.74, 6) is -0.623. The summed E-state index contributed by atoms with van der Waals surface area (Å²) < 4.78 is 10.9. The number of aromatic carboxylic acids is 1. The molecule has 17 heavy (non-hydrogen) atoms. The summed E-state index contributed by atoms with van der Waals surface area (Å²) >= 11 is 0. The van der Waals surface area contributed by atoms with Crippen LogP contribution < -0.4 is 4.74 Å². The molecule has 1 aliphatic heterocycles. The maximum atomic E-state index is 11.2. The number of aromatic nitrogens is 1. The van der Waals surface area contributed by atoms with Gasteiger partial charge in [-0.15, -0.1) is 0 Å². The monoisotopic (exact) mass is 237 g/mol. The normalized spacial score (nSPS) is 19.3. The molecular formula is C12H15NO4. The molecule has 1 aromatic rings. The quantitative estimate of drug-likeness (QED) is 0.864. The first kappa shape index (κ1) is 11.9. The van der Waals surface area contributed by atoms with E-state index < -0.39 is 5.97 Å². The fourth-order valence-corrected chi connectivity index (χ4v) is 1.93. The molecule has 2 rings (SSSR count). The molecule has 0 aromatic carbocycles. The van der Waals surface area contributed by atoms with Crippen LogP contribution in [0.3, 0.4) is 0 Å². The SMILES string of the molecule is Cc1cc(OC2CCOC2)c(C(=O)O)c(C)n1. The summed E-state index contributed by atoms with van der Waals surface area (Å²) in [6.07, 6.45) is 0.730. The summed E-state index contributed by atoms with van der Waals surface area (Å²) in [7, 11) is 0. The van der Waals surface area contributed by atoms with Crippen molar-refractivity contribution in [3.05, 3.63) is 23.0 Å². The van der Waals surface area contributed by atoms with Gasteiger partial charge in [0.2, 0.25) is 0 Å². The van der Waals surface area contributed by atoms with Crippen molar-refractivity contribution in [3.8, 4) is 5.75 Å². The minimum Gasteiger partial charge on any atom is -0.487 e. The number of carboxylic acid groups (broad SMARTS) is 1. The number of hydrogen-bond donors (Lipinski definition) is 1. The Bertz CT molecular complexity index is 438. The zero-order valence-electron chi connectivity index (χ0n) is 9.90. The lowest BCUT2D eigenvalue weighted by molar-refractivity contribution is 0.0685. The lowest BCUT2D eigenvalue weighted by Gasteiger charge is -2.15. The molecular weight excluding hydrogens is 222 g/mol. The van der Waals surface area contributed by atoms with E-state index in [0.29, 0.717) is 24.7 Å².